The smallest absolute Gasteiger partial charge is 0.345 e. The van der Waals surface area contributed by atoms with Gasteiger partial charge in [-0.05, 0) is 60.7 Å². The molecule has 3 aromatic carbocycles. The maximum Gasteiger partial charge on any atom is 0.345 e. The van der Waals surface area contributed by atoms with Crippen LogP contribution in [0.1, 0.15) is 26.3 Å². The Labute approximate surface area is 189 Å². The minimum Gasteiger partial charge on any atom is -0.422 e. The van der Waals surface area contributed by atoms with Crippen molar-refractivity contribution in [2.24, 2.45) is 5.10 Å². The van der Waals surface area contributed by atoms with Gasteiger partial charge in [-0.1, -0.05) is 35.9 Å². The largest absolute Gasteiger partial charge is 0.422 e. The first-order valence-corrected chi connectivity index (χ1v) is 10.1. The van der Waals surface area contributed by atoms with Crippen molar-refractivity contribution < 1.29 is 14.3 Å². The first kappa shape index (κ1) is 21.1. The van der Waals surface area contributed by atoms with E-state index in [0.717, 1.165) is 5.69 Å². The lowest BCUT2D eigenvalue weighted by atomic mass is 10.2. The first-order valence-electron chi connectivity index (χ1n) is 9.74. The zero-order valence-electron chi connectivity index (χ0n) is 16.8. The van der Waals surface area contributed by atoms with Gasteiger partial charge in [0.25, 0.3) is 5.91 Å². The molecule has 0 radical (unpaired) electrons. The number of carbonyl (C=O) groups excluding carboxylic acids is 2. The maximum atomic E-state index is 12.4. The predicted molar refractivity (Wildman–Crippen MR) is 124 cm³/mol. The molecule has 1 heterocycles. The second-order valence-corrected chi connectivity index (χ2v) is 7.15. The number of hydrazone groups is 1. The third-order valence-corrected chi connectivity index (χ3v) is 4.95. The Hall–Kier alpha value is -4.16. The molecule has 0 spiro atoms. The van der Waals surface area contributed by atoms with Crippen LogP contribution in [0.25, 0.3) is 5.69 Å². The van der Waals surface area contributed by atoms with E-state index in [4.69, 9.17) is 16.3 Å². The van der Waals surface area contributed by atoms with Crippen molar-refractivity contribution >= 4 is 29.7 Å². The highest BCUT2D eigenvalue weighted by atomic mass is 35.5. The lowest BCUT2D eigenvalue weighted by Crippen LogP contribution is -2.17. The summed E-state index contributed by atoms with van der Waals surface area (Å²) in [5.74, 6) is -0.638. The highest BCUT2D eigenvalue weighted by molar-refractivity contribution is 6.33. The van der Waals surface area contributed by atoms with E-state index in [2.05, 4.69) is 10.5 Å². The Morgan fingerprint density at radius 2 is 1.56 bits per heavy atom. The number of ether oxygens (including phenoxy) is 1. The Bertz CT molecular complexity index is 1270. The van der Waals surface area contributed by atoms with Crippen molar-refractivity contribution in [3.8, 4) is 11.4 Å². The van der Waals surface area contributed by atoms with Gasteiger partial charge >= 0.3 is 5.97 Å². The Morgan fingerprint density at radius 1 is 0.875 bits per heavy atom. The summed E-state index contributed by atoms with van der Waals surface area (Å²) in [6.07, 6.45) is 5.27. The fraction of sp³-hybridized carbons (Fsp3) is 0. The Kier molecular flexibility index (Phi) is 6.43. The van der Waals surface area contributed by atoms with Gasteiger partial charge in [0.2, 0.25) is 0 Å². The van der Waals surface area contributed by atoms with E-state index in [1.807, 2.05) is 41.2 Å². The molecular formula is C25H18ClN3O3. The topological polar surface area (TPSA) is 72.7 Å². The number of para-hydroxylation sites is 1. The molecule has 1 N–H and O–H groups in total. The molecule has 1 amide bonds. The Morgan fingerprint density at radius 3 is 2.31 bits per heavy atom. The second kappa shape index (κ2) is 9.76. The summed E-state index contributed by atoms with van der Waals surface area (Å²) in [4.78, 5) is 24.8. The van der Waals surface area contributed by atoms with Crippen LogP contribution < -0.4 is 10.2 Å². The minimum absolute atomic E-state index is 0.262. The number of carbonyl (C=O) groups is 2. The fourth-order valence-corrected chi connectivity index (χ4v) is 3.19. The normalized spacial score (nSPS) is 10.8. The van der Waals surface area contributed by atoms with Crippen molar-refractivity contribution in [1.82, 2.24) is 9.99 Å². The van der Waals surface area contributed by atoms with Crippen LogP contribution in [0.15, 0.2) is 102 Å². The molecule has 32 heavy (non-hydrogen) atoms. The van der Waals surface area contributed by atoms with Crippen LogP contribution in [-0.2, 0) is 0 Å². The Balaban J connectivity index is 1.42. The van der Waals surface area contributed by atoms with Gasteiger partial charge < -0.3 is 9.30 Å². The van der Waals surface area contributed by atoms with Gasteiger partial charge in [0, 0.05) is 29.2 Å². The summed E-state index contributed by atoms with van der Waals surface area (Å²) in [6.45, 7) is 0. The minimum atomic E-state index is -0.580. The van der Waals surface area contributed by atoms with Gasteiger partial charge in [0.05, 0.1) is 16.8 Å². The standard InChI is InChI=1S/C25H18ClN3O3/c26-22-9-3-2-8-21(22)25(31)32-23-10-4-1-7-19(23)17-27-28-24(30)18-11-13-20(14-12-18)29-15-5-6-16-29/h1-17H,(H,28,30)/b27-17+. The molecule has 0 aliphatic heterocycles. The number of nitrogens with one attached hydrogen (secondary N) is 1. The van der Waals surface area contributed by atoms with E-state index in [-0.39, 0.29) is 11.5 Å². The zero-order valence-corrected chi connectivity index (χ0v) is 17.6. The molecular weight excluding hydrogens is 426 g/mol. The summed E-state index contributed by atoms with van der Waals surface area (Å²) in [5.41, 5.74) is 4.69. The molecule has 158 valence electrons. The zero-order chi connectivity index (χ0) is 22.3. The van der Waals surface area contributed by atoms with Crippen LogP contribution in [0.4, 0.5) is 0 Å². The van der Waals surface area contributed by atoms with E-state index in [9.17, 15) is 9.59 Å². The van der Waals surface area contributed by atoms with Crippen LogP contribution in [0.2, 0.25) is 5.02 Å². The number of nitrogens with zero attached hydrogens (tertiary/aromatic N) is 2. The summed E-state index contributed by atoms with van der Waals surface area (Å²) >= 11 is 6.06. The molecule has 7 heteroatoms. The predicted octanol–water partition coefficient (Wildman–Crippen LogP) is 5.11. The highest BCUT2D eigenvalue weighted by Gasteiger charge is 2.14. The molecule has 0 saturated heterocycles. The summed E-state index contributed by atoms with van der Waals surface area (Å²) < 4.78 is 7.42. The summed E-state index contributed by atoms with van der Waals surface area (Å²) in [5, 5.41) is 4.31. The number of benzene rings is 3. The van der Waals surface area contributed by atoms with E-state index in [1.165, 1.54) is 6.21 Å². The quantitative estimate of drug-likeness (QED) is 0.195. The van der Waals surface area contributed by atoms with E-state index in [0.29, 0.717) is 21.9 Å². The molecule has 6 nitrogen and oxygen atoms in total. The molecule has 0 saturated carbocycles. The summed E-state index contributed by atoms with van der Waals surface area (Å²) in [7, 11) is 0. The van der Waals surface area contributed by atoms with E-state index >= 15 is 0 Å². The fourth-order valence-electron chi connectivity index (χ4n) is 2.98. The lowest BCUT2D eigenvalue weighted by molar-refractivity contribution is 0.0734. The van der Waals surface area contributed by atoms with E-state index in [1.54, 1.807) is 60.7 Å². The van der Waals surface area contributed by atoms with Gasteiger partial charge in [-0.15, -0.1) is 0 Å². The van der Waals surface area contributed by atoms with Crippen molar-refractivity contribution in [1.29, 1.82) is 0 Å². The summed E-state index contributed by atoms with van der Waals surface area (Å²) in [6, 6.07) is 24.5. The van der Waals surface area contributed by atoms with Crippen LogP contribution in [0.3, 0.4) is 0 Å². The molecule has 0 unspecified atom stereocenters. The first-order chi connectivity index (χ1) is 15.6. The number of halogens is 1. The van der Waals surface area contributed by atoms with Gasteiger partial charge in [0.15, 0.2) is 0 Å². The number of esters is 1. The highest BCUT2D eigenvalue weighted by Crippen LogP contribution is 2.21. The molecule has 0 aliphatic rings. The third kappa shape index (κ3) is 4.94. The molecule has 1 aromatic heterocycles. The van der Waals surface area contributed by atoms with Crippen molar-refractivity contribution in [3.63, 3.8) is 0 Å². The molecule has 0 fully saturated rings. The van der Waals surface area contributed by atoms with Crippen LogP contribution in [-0.4, -0.2) is 22.7 Å². The van der Waals surface area contributed by atoms with E-state index < -0.39 is 5.97 Å². The van der Waals surface area contributed by atoms with Crippen molar-refractivity contribution in [2.45, 2.75) is 0 Å². The molecule has 0 aliphatic carbocycles. The lowest BCUT2D eigenvalue weighted by Gasteiger charge is -2.08. The van der Waals surface area contributed by atoms with Gasteiger partial charge in [-0.25, -0.2) is 10.2 Å². The van der Waals surface area contributed by atoms with Crippen LogP contribution >= 0.6 is 11.6 Å². The monoisotopic (exact) mass is 443 g/mol. The maximum absolute atomic E-state index is 12.4. The number of rotatable bonds is 6. The van der Waals surface area contributed by atoms with Crippen LogP contribution in [0.5, 0.6) is 5.75 Å². The molecule has 4 rings (SSSR count). The molecule has 4 aromatic rings. The van der Waals surface area contributed by atoms with Gasteiger partial charge in [0.1, 0.15) is 5.75 Å². The van der Waals surface area contributed by atoms with Gasteiger partial charge in [-0.2, -0.15) is 5.10 Å². The average Bonchev–Trinajstić information content (AvgIpc) is 3.35. The number of amides is 1. The average molecular weight is 444 g/mol. The van der Waals surface area contributed by atoms with Gasteiger partial charge in [-0.3, -0.25) is 4.79 Å². The second-order valence-electron chi connectivity index (χ2n) is 6.74. The number of hydrogen-bond donors (Lipinski definition) is 1. The molecule has 0 atom stereocenters. The third-order valence-electron chi connectivity index (χ3n) is 4.62. The van der Waals surface area contributed by atoms with Crippen molar-refractivity contribution in [3.05, 3.63) is 119 Å². The SMILES string of the molecule is O=C(N/N=C/c1ccccc1OC(=O)c1ccccc1Cl)c1ccc(-n2cccc2)cc1. The van der Waals surface area contributed by atoms with Crippen molar-refractivity contribution in [2.75, 3.05) is 0 Å². The van der Waals surface area contributed by atoms with Crippen LogP contribution in [0, 0.1) is 0 Å². The number of aromatic nitrogens is 1. The molecule has 0 bridgehead atoms. The number of hydrogen-bond acceptors (Lipinski definition) is 4.